The molecule has 3 aromatic rings. The average molecular weight is 292 g/mol. The molecule has 0 N–H and O–H groups in total. The molecule has 3 heteroatoms. The van der Waals surface area contributed by atoms with Crippen LogP contribution in [0, 0.1) is 11.3 Å². The zero-order valence-corrected chi connectivity index (χ0v) is 12.9. The first-order chi connectivity index (χ1) is 10.4. The fourth-order valence-corrected chi connectivity index (χ4v) is 2.94. The fourth-order valence-electron chi connectivity index (χ4n) is 1.98. The highest BCUT2D eigenvalue weighted by Gasteiger charge is 2.08. The van der Waals surface area contributed by atoms with Gasteiger partial charge in [-0.15, -0.1) is 11.3 Å². The lowest BCUT2D eigenvalue weighted by Crippen LogP contribution is -1.80. The molecule has 2 heterocycles. The number of hydrogen-bond acceptors (Lipinski definition) is 3. The van der Waals surface area contributed by atoms with E-state index in [1.54, 1.807) is 23.7 Å². The minimum absolute atomic E-state index is 0.684. The SMILES string of the molecule is CC.N#C/C(=C/c1ccncc1)c1csc2ccccc12. The number of pyridine rings is 1. The van der Waals surface area contributed by atoms with Crippen LogP contribution in [0.4, 0.5) is 0 Å². The predicted octanol–water partition coefficient (Wildman–Crippen LogP) is 5.39. The van der Waals surface area contributed by atoms with Crippen LogP contribution in [0.25, 0.3) is 21.7 Å². The standard InChI is InChI=1S/C16H10N2S.C2H6/c17-10-13(9-12-5-7-18-8-6-12)15-11-19-16-4-2-1-3-14(15)16;1-2/h1-9,11H;1-2H3/b13-9-;. The van der Waals surface area contributed by atoms with Crippen molar-refractivity contribution < 1.29 is 0 Å². The Kier molecular flexibility index (Phi) is 5.25. The van der Waals surface area contributed by atoms with Gasteiger partial charge in [-0.05, 0) is 29.8 Å². The molecule has 0 fully saturated rings. The van der Waals surface area contributed by atoms with Crippen LogP contribution in [0.1, 0.15) is 25.0 Å². The number of rotatable bonds is 2. The van der Waals surface area contributed by atoms with E-state index in [0.29, 0.717) is 5.57 Å². The van der Waals surface area contributed by atoms with Crippen molar-refractivity contribution in [3.8, 4) is 6.07 Å². The lowest BCUT2D eigenvalue weighted by atomic mass is 10.0. The molecule has 0 aliphatic heterocycles. The molecule has 0 saturated carbocycles. The van der Waals surface area contributed by atoms with Gasteiger partial charge in [-0.25, -0.2) is 0 Å². The van der Waals surface area contributed by atoms with Crippen LogP contribution >= 0.6 is 11.3 Å². The summed E-state index contributed by atoms with van der Waals surface area (Å²) in [5.74, 6) is 0. The Morgan fingerprint density at radius 2 is 1.86 bits per heavy atom. The quantitative estimate of drug-likeness (QED) is 0.594. The summed E-state index contributed by atoms with van der Waals surface area (Å²) in [7, 11) is 0. The minimum Gasteiger partial charge on any atom is -0.265 e. The molecule has 0 spiro atoms. The second kappa shape index (κ2) is 7.37. The third-order valence-electron chi connectivity index (χ3n) is 2.91. The molecule has 0 radical (unpaired) electrons. The Morgan fingerprint density at radius 1 is 1.14 bits per heavy atom. The summed E-state index contributed by atoms with van der Waals surface area (Å²) in [5, 5.41) is 12.6. The molecule has 3 rings (SSSR count). The summed E-state index contributed by atoms with van der Waals surface area (Å²) < 4.78 is 1.20. The molecular weight excluding hydrogens is 276 g/mol. The maximum absolute atomic E-state index is 9.39. The van der Waals surface area contributed by atoms with Crippen LogP contribution in [-0.2, 0) is 0 Å². The second-order valence-electron chi connectivity index (χ2n) is 4.10. The van der Waals surface area contributed by atoms with Crippen molar-refractivity contribution >= 4 is 33.1 Å². The molecule has 0 unspecified atom stereocenters. The number of thiophene rings is 1. The van der Waals surface area contributed by atoms with E-state index in [0.717, 1.165) is 16.5 Å². The van der Waals surface area contributed by atoms with E-state index in [-0.39, 0.29) is 0 Å². The average Bonchev–Trinajstić information content (AvgIpc) is 2.99. The second-order valence-corrected chi connectivity index (χ2v) is 5.01. The van der Waals surface area contributed by atoms with Crippen molar-refractivity contribution in [3.05, 3.63) is 65.3 Å². The summed E-state index contributed by atoms with van der Waals surface area (Å²) in [6.07, 6.45) is 5.36. The van der Waals surface area contributed by atoms with Gasteiger partial charge in [-0.3, -0.25) is 4.98 Å². The summed E-state index contributed by atoms with van der Waals surface area (Å²) >= 11 is 1.66. The van der Waals surface area contributed by atoms with E-state index in [2.05, 4.69) is 23.2 Å². The maximum atomic E-state index is 9.39. The van der Waals surface area contributed by atoms with Crippen LogP contribution in [0.2, 0.25) is 0 Å². The minimum atomic E-state index is 0.684. The summed E-state index contributed by atoms with van der Waals surface area (Å²) in [6, 6.07) is 14.2. The number of allylic oxidation sites excluding steroid dienone is 1. The van der Waals surface area contributed by atoms with Gasteiger partial charge in [0.2, 0.25) is 0 Å². The largest absolute Gasteiger partial charge is 0.265 e. The van der Waals surface area contributed by atoms with E-state index in [4.69, 9.17) is 0 Å². The van der Waals surface area contributed by atoms with E-state index >= 15 is 0 Å². The van der Waals surface area contributed by atoms with Crippen LogP contribution < -0.4 is 0 Å². The lowest BCUT2D eigenvalue weighted by molar-refractivity contribution is 1.32. The lowest BCUT2D eigenvalue weighted by Gasteiger charge is -1.98. The Morgan fingerprint density at radius 3 is 2.57 bits per heavy atom. The number of hydrogen-bond donors (Lipinski definition) is 0. The topological polar surface area (TPSA) is 36.7 Å². The molecule has 2 aromatic heterocycles. The van der Waals surface area contributed by atoms with Crippen molar-refractivity contribution in [3.63, 3.8) is 0 Å². The van der Waals surface area contributed by atoms with Gasteiger partial charge in [-0.2, -0.15) is 5.26 Å². The van der Waals surface area contributed by atoms with Gasteiger partial charge < -0.3 is 0 Å². The normalized spacial score (nSPS) is 10.6. The molecule has 0 saturated heterocycles. The molecule has 0 amide bonds. The first-order valence-corrected chi connectivity index (χ1v) is 7.75. The molecule has 21 heavy (non-hydrogen) atoms. The van der Waals surface area contributed by atoms with Crippen LogP contribution in [0.5, 0.6) is 0 Å². The monoisotopic (exact) mass is 292 g/mol. The Hall–Kier alpha value is -2.44. The Labute approximate surface area is 129 Å². The Balaban J connectivity index is 0.000000774. The van der Waals surface area contributed by atoms with Crippen molar-refractivity contribution in [2.75, 3.05) is 0 Å². The van der Waals surface area contributed by atoms with E-state index in [1.165, 1.54) is 4.70 Å². The molecule has 1 aromatic carbocycles. The third-order valence-corrected chi connectivity index (χ3v) is 3.87. The number of nitrogens with zero attached hydrogens (tertiary/aromatic N) is 2. The number of fused-ring (bicyclic) bond motifs is 1. The first kappa shape index (κ1) is 15.0. The van der Waals surface area contributed by atoms with Gasteiger partial charge >= 0.3 is 0 Å². The number of benzene rings is 1. The molecule has 0 aliphatic rings. The zero-order valence-electron chi connectivity index (χ0n) is 12.1. The van der Waals surface area contributed by atoms with Gasteiger partial charge in [0.05, 0.1) is 11.6 Å². The summed E-state index contributed by atoms with van der Waals surface area (Å²) in [5.41, 5.74) is 2.67. The highest BCUT2D eigenvalue weighted by Crippen LogP contribution is 2.31. The van der Waals surface area contributed by atoms with Gasteiger partial charge in [0.25, 0.3) is 0 Å². The van der Waals surface area contributed by atoms with Gasteiger partial charge in [0.15, 0.2) is 0 Å². The van der Waals surface area contributed by atoms with Gasteiger partial charge in [0.1, 0.15) is 0 Å². The van der Waals surface area contributed by atoms with Crippen molar-refractivity contribution in [2.45, 2.75) is 13.8 Å². The van der Waals surface area contributed by atoms with Gasteiger partial charge in [0, 0.05) is 33.4 Å². The summed E-state index contributed by atoms with van der Waals surface area (Å²) in [6.45, 7) is 4.00. The number of aromatic nitrogens is 1. The van der Waals surface area contributed by atoms with E-state index < -0.39 is 0 Å². The summed E-state index contributed by atoms with van der Waals surface area (Å²) in [4.78, 5) is 3.98. The van der Waals surface area contributed by atoms with Crippen LogP contribution in [0.15, 0.2) is 54.2 Å². The molecule has 104 valence electrons. The van der Waals surface area contributed by atoms with Crippen LogP contribution in [0.3, 0.4) is 0 Å². The fraction of sp³-hybridized carbons (Fsp3) is 0.111. The highest BCUT2D eigenvalue weighted by atomic mass is 32.1. The van der Waals surface area contributed by atoms with Crippen molar-refractivity contribution in [2.24, 2.45) is 0 Å². The molecule has 2 nitrogen and oxygen atoms in total. The molecule has 0 atom stereocenters. The van der Waals surface area contributed by atoms with E-state index in [1.807, 2.05) is 49.6 Å². The predicted molar refractivity (Wildman–Crippen MR) is 90.9 cm³/mol. The third kappa shape index (κ3) is 3.36. The zero-order chi connectivity index (χ0) is 15.1. The highest BCUT2D eigenvalue weighted by molar-refractivity contribution is 7.17. The van der Waals surface area contributed by atoms with Crippen molar-refractivity contribution in [1.82, 2.24) is 4.98 Å². The smallest absolute Gasteiger partial charge is 0.0998 e. The first-order valence-electron chi connectivity index (χ1n) is 6.87. The maximum Gasteiger partial charge on any atom is 0.0998 e. The van der Waals surface area contributed by atoms with Crippen molar-refractivity contribution in [1.29, 1.82) is 5.26 Å². The molecule has 0 aliphatic carbocycles. The Bertz CT molecular complexity index is 780. The van der Waals surface area contributed by atoms with E-state index in [9.17, 15) is 5.26 Å². The molecular formula is C18H16N2S. The van der Waals surface area contributed by atoms with Crippen LogP contribution in [-0.4, -0.2) is 4.98 Å². The number of nitriles is 1. The van der Waals surface area contributed by atoms with Gasteiger partial charge in [-0.1, -0.05) is 32.0 Å². The molecule has 0 bridgehead atoms.